The highest BCUT2D eigenvalue weighted by Gasteiger charge is 2.33. The molecule has 45 heavy (non-hydrogen) atoms. The van der Waals surface area contributed by atoms with Crippen molar-refractivity contribution in [2.75, 3.05) is 35.7 Å². The standard InChI is InChI=1S/C34H54N8O3/c1-20(2)18-42(7)34-40-32(39-33(41-34)38-28-17-24(31(35)44)14-13-23(28)6)37-27-11-9-8-10-26(27)36-30(43)19-45-29-16-22(5)12-15-25(29)21(3)4/h13-14,17,20-22,25-27,29H,8-12,15-16,18-19H2,1-7H3,(H2,35,44)(H,36,43)(H2,37,38,39,40,41)/t22-,25-,26+,27-,29-/m0/s1. The summed E-state index contributed by atoms with van der Waals surface area (Å²) in [7, 11) is 1.96. The van der Waals surface area contributed by atoms with E-state index in [2.05, 4.69) is 50.6 Å². The summed E-state index contributed by atoms with van der Waals surface area (Å²) in [5, 5.41) is 10.1. The van der Waals surface area contributed by atoms with Crippen LogP contribution in [0.15, 0.2) is 18.2 Å². The van der Waals surface area contributed by atoms with E-state index in [9.17, 15) is 9.59 Å². The van der Waals surface area contributed by atoms with Crippen LogP contribution in [0.1, 0.15) is 95.5 Å². The van der Waals surface area contributed by atoms with Gasteiger partial charge in [0, 0.05) is 36.9 Å². The summed E-state index contributed by atoms with van der Waals surface area (Å²) in [6.45, 7) is 13.9. The minimum Gasteiger partial charge on any atom is -0.368 e. The molecule has 11 heteroatoms. The molecule has 1 heterocycles. The number of carbonyl (C=O) groups excluding carboxylic acids is 2. The van der Waals surface area contributed by atoms with Gasteiger partial charge in [0.15, 0.2) is 0 Å². The molecule has 0 bridgehead atoms. The number of aryl methyl sites for hydroxylation is 1. The van der Waals surface area contributed by atoms with Crippen LogP contribution in [0.3, 0.4) is 0 Å². The maximum Gasteiger partial charge on any atom is 0.248 e. The molecular formula is C34H54N8O3. The molecule has 0 aliphatic heterocycles. The van der Waals surface area contributed by atoms with Crippen LogP contribution in [0, 0.1) is 30.6 Å². The van der Waals surface area contributed by atoms with Crippen LogP contribution in [-0.4, -0.2) is 65.2 Å². The van der Waals surface area contributed by atoms with Gasteiger partial charge < -0.3 is 31.3 Å². The van der Waals surface area contributed by atoms with E-state index in [1.165, 1.54) is 6.42 Å². The smallest absolute Gasteiger partial charge is 0.248 e. The Bertz CT molecular complexity index is 1300. The first kappa shape index (κ1) is 34.4. The van der Waals surface area contributed by atoms with Crippen molar-refractivity contribution in [3.8, 4) is 0 Å². The maximum absolute atomic E-state index is 13.2. The molecule has 2 aliphatic rings. The van der Waals surface area contributed by atoms with E-state index in [4.69, 9.17) is 25.4 Å². The molecule has 2 amide bonds. The van der Waals surface area contributed by atoms with Gasteiger partial charge in [-0.05, 0) is 74.0 Å². The van der Waals surface area contributed by atoms with Gasteiger partial charge in [-0.3, -0.25) is 9.59 Å². The Balaban J connectivity index is 1.49. The molecule has 1 aromatic heterocycles. The molecule has 2 fully saturated rings. The number of primary amides is 1. The number of amides is 2. The predicted molar refractivity (Wildman–Crippen MR) is 180 cm³/mol. The second-order valence-corrected chi connectivity index (χ2v) is 14.0. The molecule has 1 aromatic carbocycles. The zero-order chi connectivity index (χ0) is 32.7. The van der Waals surface area contributed by atoms with Gasteiger partial charge in [-0.2, -0.15) is 15.0 Å². The number of aromatic nitrogens is 3. The van der Waals surface area contributed by atoms with Crippen LogP contribution < -0.4 is 26.6 Å². The van der Waals surface area contributed by atoms with Gasteiger partial charge in [0.1, 0.15) is 6.61 Å². The van der Waals surface area contributed by atoms with Crippen LogP contribution in [0.4, 0.5) is 23.5 Å². The molecule has 2 aromatic rings. The summed E-state index contributed by atoms with van der Waals surface area (Å²) >= 11 is 0. The fraction of sp³-hybridized carbons (Fsp3) is 0.676. The molecule has 4 rings (SSSR count). The third-order valence-electron chi connectivity index (χ3n) is 9.19. The second-order valence-electron chi connectivity index (χ2n) is 14.0. The normalized spacial score (nSPS) is 23.5. The lowest BCUT2D eigenvalue weighted by Crippen LogP contribution is -2.50. The summed E-state index contributed by atoms with van der Waals surface area (Å²) in [6, 6.07) is 5.13. The summed E-state index contributed by atoms with van der Waals surface area (Å²) in [5.41, 5.74) is 7.54. The average molecular weight is 623 g/mol. The van der Waals surface area contributed by atoms with Crippen molar-refractivity contribution in [2.24, 2.45) is 29.4 Å². The molecule has 248 valence electrons. The molecule has 2 aliphatic carbocycles. The first-order valence-electron chi connectivity index (χ1n) is 16.7. The molecule has 2 saturated carbocycles. The van der Waals surface area contributed by atoms with Crippen LogP contribution in [0.2, 0.25) is 0 Å². The number of nitrogens with two attached hydrogens (primary N) is 1. The first-order valence-corrected chi connectivity index (χ1v) is 16.7. The number of hydrogen-bond acceptors (Lipinski definition) is 9. The van der Waals surface area contributed by atoms with Crippen LogP contribution in [0.25, 0.3) is 0 Å². The minimum absolute atomic E-state index is 0.0424. The topological polar surface area (TPSA) is 147 Å². The van der Waals surface area contributed by atoms with Gasteiger partial charge >= 0.3 is 0 Å². The molecular weight excluding hydrogens is 568 g/mol. The van der Waals surface area contributed by atoms with Gasteiger partial charge in [0.25, 0.3) is 0 Å². The maximum atomic E-state index is 13.2. The minimum atomic E-state index is -0.503. The van der Waals surface area contributed by atoms with E-state index >= 15 is 0 Å². The number of benzene rings is 1. The molecule has 0 spiro atoms. The van der Waals surface area contributed by atoms with Gasteiger partial charge in [0.2, 0.25) is 29.7 Å². The lowest BCUT2D eigenvalue weighted by Gasteiger charge is -2.37. The zero-order valence-electron chi connectivity index (χ0n) is 28.2. The molecule has 0 saturated heterocycles. The number of nitrogens with one attached hydrogen (secondary N) is 3. The van der Waals surface area contributed by atoms with Crippen LogP contribution >= 0.6 is 0 Å². The number of carbonyl (C=O) groups is 2. The number of anilines is 4. The van der Waals surface area contributed by atoms with Gasteiger partial charge in [-0.1, -0.05) is 59.9 Å². The molecule has 11 nitrogen and oxygen atoms in total. The van der Waals surface area contributed by atoms with Gasteiger partial charge in [-0.25, -0.2) is 0 Å². The molecule has 0 radical (unpaired) electrons. The Morgan fingerprint density at radius 1 is 1.02 bits per heavy atom. The van der Waals surface area contributed by atoms with E-state index in [0.717, 1.165) is 50.6 Å². The van der Waals surface area contributed by atoms with Crippen molar-refractivity contribution in [3.05, 3.63) is 29.3 Å². The summed E-state index contributed by atoms with van der Waals surface area (Å²) in [4.78, 5) is 41.2. The molecule has 5 N–H and O–H groups in total. The summed E-state index contributed by atoms with van der Waals surface area (Å²) < 4.78 is 6.25. The number of hydrogen-bond donors (Lipinski definition) is 4. The van der Waals surface area contributed by atoms with E-state index in [1.54, 1.807) is 12.1 Å². The zero-order valence-corrected chi connectivity index (χ0v) is 28.2. The van der Waals surface area contributed by atoms with Gasteiger partial charge in [0.05, 0.1) is 6.10 Å². The third kappa shape index (κ3) is 9.76. The highest BCUT2D eigenvalue weighted by atomic mass is 16.5. The monoisotopic (exact) mass is 622 g/mol. The quantitative estimate of drug-likeness (QED) is 0.229. The lowest BCUT2D eigenvalue weighted by atomic mass is 9.75. The number of rotatable bonds is 13. The fourth-order valence-electron chi connectivity index (χ4n) is 6.70. The number of nitrogens with zero attached hydrogens (tertiary/aromatic N) is 4. The highest BCUT2D eigenvalue weighted by Crippen LogP contribution is 2.35. The first-order chi connectivity index (χ1) is 21.4. The van der Waals surface area contributed by atoms with Crippen molar-refractivity contribution in [2.45, 2.75) is 105 Å². The van der Waals surface area contributed by atoms with Crippen molar-refractivity contribution in [1.29, 1.82) is 0 Å². The third-order valence-corrected chi connectivity index (χ3v) is 9.19. The largest absolute Gasteiger partial charge is 0.368 e. The Morgan fingerprint density at radius 3 is 2.42 bits per heavy atom. The average Bonchev–Trinajstić information content (AvgIpc) is 2.97. The van der Waals surface area contributed by atoms with Gasteiger partial charge in [-0.15, -0.1) is 0 Å². The molecule has 0 unspecified atom stereocenters. The fourth-order valence-corrected chi connectivity index (χ4v) is 6.70. The Morgan fingerprint density at radius 2 is 1.73 bits per heavy atom. The van der Waals surface area contributed by atoms with E-state index in [0.29, 0.717) is 52.8 Å². The predicted octanol–water partition coefficient (Wildman–Crippen LogP) is 5.43. The SMILES string of the molecule is Cc1ccc(C(N)=O)cc1Nc1nc(N[C@H]2CCCC[C@H]2NC(=O)CO[C@H]2C[C@@H](C)CC[C@H]2C(C)C)nc(N(C)CC(C)C)n1. The summed E-state index contributed by atoms with van der Waals surface area (Å²) in [5.74, 6) is 2.80. The van der Waals surface area contributed by atoms with Crippen molar-refractivity contribution >= 4 is 35.3 Å². The highest BCUT2D eigenvalue weighted by molar-refractivity contribution is 5.94. The Kier molecular flexibility index (Phi) is 12.0. The number of ether oxygens (including phenoxy) is 1. The Hall–Kier alpha value is -3.47. The van der Waals surface area contributed by atoms with E-state index < -0.39 is 5.91 Å². The van der Waals surface area contributed by atoms with Crippen LogP contribution in [0.5, 0.6) is 0 Å². The van der Waals surface area contributed by atoms with Crippen molar-refractivity contribution in [3.63, 3.8) is 0 Å². The van der Waals surface area contributed by atoms with Crippen molar-refractivity contribution in [1.82, 2.24) is 20.3 Å². The van der Waals surface area contributed by atoms with E-state index in [-0.39, 0.29) is 30.7 Å². The second kappa shape index (κ2) is 15.7. The van der Waals surface area contributed by atoms with Crippen molar-refractivity contribution < 1.29 is 14.3 Å². The van der Waals surface area contributed by atoms with E-state index in [1.807, 2.05) is 24.9 Å². The van der Waals surface area contributed by atoms with Crippen LogP contribution in [-0.2, 0) is 9.53 Å². The summed E-state index contributed by atoms with van der Waals surface area (Å²) in [6.07, 6.45) is 7.37. The molecule has 5 atom stereocenters. The Labute approximate surface area is 268 Å². The lowest BCUT2D eigenvalue weighted by molar-refractivity contribution is -0.132.